The number of carbonyl (C=O) groups is 1. The van der Waals surface area contributed by atoms with Gasteiger partial charge in [0.1, 0.15) is 10.8 Å². The molecular formula is C23H21F3N2O3S. The first-order valence-electron chi connectivity index (χ1n) is 10.1. The Hall–Kier alpha value is -2.91. The Bertz CT molecular complexity index is 1110. The molecule has 168 valence electrons. The van der Waals surface area contributed by atoms with Gasteiger partial charge in [0, 0.05) is 35.8 Å². The summed E-state index contributed by atoms with van der Waals surface area (Å²) in [6, 6.07) is 10.5. The van der Waals surface area contributed by atoms with Crippen molar-refractivity contribution in [1.29, 1.82) is 0 Å². The largest absolute Gasteiger partial charge is 0.511 e. The van der Waals surface area contributed by atoms with Crippen molar-refractivity contribution in [3.8, 4) is 16.3 Å². The van der Waals surface area contributed by atoms with Crippen LogP contribution in [0.15, 0.2) is 48.7 Å². The number of ether oxygens (including phenoxy) is 1. The van der Waals surface area contributed by atoms with Crippen molar-refractivity contribution in [3.05, 3.63) is 70.2 Å². The SMILES string of the molecule is CC(c1cnc(-c2ccc(C(F)(F)F)cc2)s1)N1CCc2ccc(OC(=O)O)cc2CC1. The molecule has 1 unspecified atom stereocenters. The van der Waals surface area contributed by atoms with Gasteiger partial charge in [-0.2, -0.15) is 13.2 Å². The first-order chi connectivity index (χ1) is 15.2. The predicted octanol–water partition coefficient (Wildman–Crippen LogP) is 6.05. The summed E-state index contributed by atoms with van der Waals surface area (Å²) in [5.41, 5.74) is 2.24. The van der Waals surface area contributed by atoms with Gasteiger partial charge in [-0.3, -0.25) is 4.90 Å². The highest BCUT2D eigenvalue weighted by atomic mass is 32.1. The van der Waals surface area contributed by atoms with E-state index in [-0.39, 0.29) is 6.04 Å². The Morgan fingerprint density at radius 1 is 1.12 bits per heavy atom. The molecule has 0 bridgehead atoms. The number of aromatic nitrogens is 1. The average molecular weight is 462 g/mol. The molecule has 9 heteroatoms. The molecule has 32 heavy (non-hydrogen) atoms. The second-order valence-electron chi connectivity index (χ2n) is 7.65. The number of nitrogens with zero attached hydrogens (tertiary/aromatic N) is 2. The van der Waals surface area contributed by atoms with Crippen LogP contribution in [0.4, 0.5) is 18.0 Å². The summed E-state index contributed by atoms with van der Waals surface area (Å²) < 4.78 is 43.2. The van der Waals surface area contributed by atoms with Crippen molar-refractivity contribution in [2.24, 2.45) is 0 Å². The molecule has 2 heterocycles. The molecule has 0 saturated heterocycles. The average Bonchev–Trinajstić information content (AvgIpc) is 3.14. The van der Waals surface area contributed by atoms with Gasteiger partial charge in [0.2, 0.25) is 0 Å². The number of hydrogen-bond acceptors (Lipinski definition) is 5. The van der Waals surface area contributed by atoms with Crippen LogP contribution in [-0.4, -0.2) is 34.2 Å². The Morgan fingerprint density at radius 3 is 2.47 bits per heavy atom. The maximum atomic E-state index is 12.8. The second kappa shape index (κ2) is 8.91. The zero-order chi connectivity index (χ0) is 22.9. The van der Waals surface area contributed by atoms with E-state index in [9.17, 15) is 18.0 Å². The van der Waals surface area contributed by atoms with Crippen LogP contribution in [0.5, 0.6) is 5.75 Å². The number of halogens is 3. The standard InChI is InChI=1S/C23H21F3N2O3S/c1-14(20-13-27-21(32-20)16-2-5-18(6-3-16)23(24,25)26)28-10-8-15-4-7-19(31-22(29)30)12-17(15)9-11-28/h2-7,12-14H,8-11H2,1H3,(H,29,30). The molecule has 4 rings (SSSR count). The summed E-state index contributed by atoms with van der Waals surface area (Å²) in [5.74, 6) is 0.321. The second-order valence-corrected chi connectivity index (χ2v) is 8.72. The third-order valence-corrected chi connectivity index (χ3v) is 6.88. The Morgan fingerprint density at radius 2 is 1.81 bits per heavy atom. The van der Waals surface area contributed by atoms with E-state index in [2.05, 4.69) is 16.8 Å². The van der Waals surface area contributed by atoms with Gasteiger partial charge < -0.3 is 9.84 Å². The zero-order valence-electron chi connectivity index (χ0n) is 17.2. The van der Waals surface area contributed by atoms with Crippen LogP contribution in [0.2, 0.25) is 0 Å². The minimum Gasteiger partial charge on any atom is -0.449 e. The Balaban J connectivity index is 1.45. The molecule has 1 aliphatic rings. The van der Waals surface area contributed by atoms with Crippen molar-refractivity contribution in [1.82, 2.24) is 9.88 Å². The van der Waals surface area contributed by atoms with Crippen LogP contribution >= 0.6 is 11.3 Å². The van der Waals surface area contributed by atoms with Crippen molar-refractivity contribution < 1.29 is 27.8 Å². The third kappa shape index (κ3) is 4.94. The van der Waals surface area contributed by atoms with E-state index in [0.717, 1.165) is 48.5 Å². The molecule has 1 N–H and O–H groups in total. The molecule has 0 amide bonds. The van der Waals surface area contributed by atoms with Gasteiger partial charge >= 0.3 is 12.3 Å². The summed E-state index contributed by atoms with van der Waals surface area (Å²) in [4.78, 5) is 18.6. The topological polar surface area (TPSA) is 62.7 Å². The lowest BCUT2D eigenvalue weighted by Gasteiger charge is -2.26. The van der Waals surface area contributed by atoms with Gasteiger partial charge in [-0.05, 0) is 55.2 Å². The summed E-state index contributed by atoms with van der Waals surface area (Å²) in [7, 11) is 0. The molecule has 0 radical (unpaired) electrons. The van der Waals surface area contributed by atoms with Crippen molar-refractivity contribution in [2.75, 3.05) is 13.1 Å². The molecule has 5 nitrogen and oxygen atoms in total. The molecule has 1 aromatic heterocycles. The molecule has 0 spiro atoms. The molecule has 1 atom stereocenters. The minimum atomic E-state index is -4.36. The third-order valence-electron chi connectivity index (χ3n) is 5.66. The lowest BCUT2D eigenvalue weighted by Crippen LogP contribution is -2.29. The van der Waals surface area contributed by atoms with E-state index in [1.807, 2.05) is 6.07 Å². The zero-order valence-corrected chi connectivity index (χ0v) is 18.0. The van der Waals surface area contributed by atoms with Gasteiger partial charge in [0.05, 0.1) is 5.56 Å². The summed E-state index contributed by atoms with van der Waals surface area (Å²) in [6.07, 6.45) is -2.30. The van der Waals surface area contributed by atoms with Crippen molar-refractivity contribution in [3.63, 3.8) is 0 Å². The van der Waals surface area contributed by atoms with E-state index in [1.54, 1.807) is 18.3 Å². The molecule has 0 fully saturated rings. The van der Waals surface area contributed by atoms with Gasteiger partial charge in [-0.25, -0.2) is 9.78 Å². The first kappa shape index (κ1) is 22.3. The van der Waals surface area contributed by atoms with Gasteiger partial charge in [-0.15, -0.1) is 11.3 Å². The summed E-state index contributed by atoms with van der Waals surface area (Å²) >= 11 is 1.48. The van der Waals surface area contributed by atoms with Crippen LogP contribution in [0.25, 0.3) is 10.6 Å². The number of fused-ring (bicyclic) bond motifs is 1. The van der Waals surface area contributed by atoms with Gasteiger partial charge in [0.25, 0.3) is 0 Å². The maximum absolute atomic E-state index is 12.8. The maximum Gasteiger partial charge on any atom is 0.511 e. The fraction of sp³-hybridized carbons (Fsp3) is 0.304. The lowest BCUT2D eigenvalue weighted by molar-refractivity contribution is -0.137. The minimum absolute atomic E-state index is 0.0970. The van der Waals surface area contributed by atoms with Gasteiger partial charge in [0.15, 0.2) is 0 Å². The number of carboxylic acid groups (broad SMARTS) is 1. The molecule has 2 aromatic carbocycles. The number of alkyl halides is 3. The summed E-state index contributed by atoms with van der Waals surface area (Å²) in [5, 5.41) is 9.50. The monoisotopic (exact) mass is 462 g/mol. The van der Waals surface area contributed by atoms with Crippen LogP contribution in [0.3, 0.4) is 0 Å². The van der Waals surface area contributed by atoms with E-state index < -0.39 is 17.9 Å². The van der Waals surface area contributed by atoms with Crippen molar-refractivity contribution >= 4 is 17.5 Å². The normalized spacial score (nSPS) is 15.6. The summed E-state index contributed by atoms with van der Waals surface area (Å²) in [6.45, 7) is 3.72. The molecular weight excluding hydrogens is 441 g/mol. The predicted molar refractivity (Wildman–Crippen MR) is 115 cm³/mol. The first-order valence-corrected chi connectivity index (χ1v) is 10.9. The van der Waals surface area contributed by atoms with E-state index in [1.165, 1.54) is 29.0 Å². The number of rotatable bonds is 4. The molecule has 0 saturated carbocycles. The molecule has 3 aromatic rings. The fourth-order valence-corrected chi connectivity index (χ4v) is 4.87. The highest BCUT2D eigenvalue weighted by Gasteiger charge is 2.30. The molecule has 1 aliphatic heterocycles. The number of hydrogen-bond donors (Lipinski definition) is 1. The molecule has 0 aliphatic carbocycles. The quantitative estimate of drug-likeness (QED) is 0.378. The highest BCUT2D eigenvalue weighted by molar-refractivity contribution is 7.15. The van der Waals surface area contributed by atoms with Crippen LogP contribution in [-0.2, 0) is 19.0 Å². The van der Waals surface area contributed by atoms with Crippen LogP contribution < -0.4 is 4.74 Å². The van der Waals surface area contributed by atoms with Gasteiger partial charge in [-0.1, -0.05) is 18.2 Å². The fourth-order valence-electron chi connectivity index (χ4n) is 3.87. The van der Waals surface area contributed by atoms with Crippen LogP contribution in [0.1, 0.15) is 34.5 Å². The number of thiazole rings is 1. The van der Waals surface area contributed by atoms with E-state index >= 15 is 0 Å². The van der Waals surface area contributed by atoms with E-state index in [4.69, 9.17) is 9.84 Å². The Labute approximate surface area is 187 Å². The van der Waals surface area contributed by atoms with E-state index in [0.29, 0.717) is 16.3 Å². The van der Waals surface area contributed by atoms with Crippen LogP contribution in [0, 0.1) is 0 Å². The highest BCUT2D eigenvalue weighted by Crippen LogP contribution is 2.35. The number of benzene rings is 2. The smallest absolute Gasteiger partial charge is 0.449 e. The van der Waals surface area contributed by atoms with Crippen molar-refractivity contribution in [2.45, 2.75) is 32.0 Å². The lowest BCUT2D eigenvalue weighted by atomic mass is 10.0. The Kier molecular flexibility index (Phi) is 6.21.